The normalized spacial score (nSPS) is 24.1. The van der Waals surface area contributed by atoms with Gasteiger partial charge in [0.2, 0.25) is 0 Å². The lowest BCUT2D eigenvalue weighted by Gasteiger charge is -2.39. The van der Waals surface area contributed by atoms with Gasteiger partial charge in [0.1, 0.15) is 5.75 Å². The number of rotatable bonds is 5. The van der Waals surface area contributed by atoms with E-state index >= 15 is 0 Å². The lowest BCUT2D eigenvalue weighted by molar-refractivity contribution is 0.0435. The van der Waals surface area contributed by atoms with Crippen LogP contribution in [0, 0.1) is 0 Å². The molecule has 112 valence electrons. The second-order valence-corrected chi connectivity index (χ2v) is 6.19. The highest BCUT2D eigenvalue weighted by Crippen LogP contribution is 2.21. The fraction of sp³-hybridized carbons (Fsp3) is 0.647. The van der Waals surface area contributed by atoms with Crippen molar-refractivity contribution in [1.82, 2.24) is 10.4 Å². The van der Waals surface area contributed by atoms with Gasteiger partial charge < -0.3 is 4.74 Å². The van der Waals surface area contributed by atoms with E-state index in [4.69, 9.17) is 4.74 Å². The largest absolute Gasteiger partial charge is 0.491 e. The van der Waals surface area contributed by atoms with E-state index in [0.717, 1.165) is 12.3 Å². The third-order valence-electron chi connectivity index (χ3n) is 3.93. The fourth-order valence-electron chi connectivity index (χ4n) is 2.92. The van der Waals surface area contributed by atoms with E-state index < -0.39 is 0 Å². The van der Waals surface area contributed by atoms with Crippen molar-refractivity contribution in [2.24, 2.45) is 0 Å². The predicted octanol–water partition coefficient (Wildman–Crippen LogP) is 3.74. The van der Waals surface area contributed by atoms with Crippen molar-refractivity contribution in [1.29, 1.82) is 0 Å². The summed E-state index contributed by atoms with van der Waals surface area (Å²) in [5, 5.41) is 2.42. The predicted molar refractivity (Wildman–Crippen MR) is 83.7 cm³/mol. The van der Waals surface area contributed by atoms with Crippen molar-refractivity contribution in [2.75, 3.05) is 0 Å². The van der Waals surface area contributed by atoms with Gasteiger partial charge in [-0.2, -0.15) is 0 Å². The molecule has 1 fully saturated rings. The van der Waals surface area contributed by atoms with Crippen LogP contribution in [0.1, 0.15) is 52.5 Å². The van der Waals surface area contributed by atoms with E-state index in [9.17, 15) is 0 Å². The molecule has 1 heterocycles. The molecular weight excluding hydrogens is 248 g/mol. The molecular formula is C17H28N2O. The van der Waals surface area contributed by atoms with Gasteiger partial charge in [0.25, 0.3) is 0 Å². The van der Waals surface area contributed by atoms with E-state index in [1.807, 2.05) is 6.07 Å². The molecule has 0 bridgehead atoms. The summed E-state index contributed by atoms with van der Waals surface area (Å²) >= 11 is 0. The number of piperidine rings is 1. The number of benzene rings is 1. The molecule has 1 aromatic carbocycles. The first-order chi connectivity index (χ1) is 9.56. The molecule has 0 radical (unpaired) electrons. The highest BCUT2D eigenvalue weighted by Gasteiger charge is 2.24. The molecule has 0 amide bonds. The zero-order valence-electron chi connectivity index (χ0n) is 13.2. The van der Waals surface area contributed by atoms with Crippen LogP contribution in [0.5, 0.6) is 5.75 Å². The first-order valence-electron chi connectivity index (χ1n) is 7.83. The minimum absolute atomic E-state index is 0.223. The summed E-state index contributed by atoms with van der Waals surface area (Å²) < 4.78 is 5.75. The van der Waals surface area contributed by atoms with Crippen LogP contribution in [0.15, 0.2) is 24.3 Å². The summed E-state index contributed by atoms with van der Waals surface area (Å²) in [5.41, 5.74) is 4.87. The molecule has 1 saturated heterocycles. The number of hydrogen-bond acceptors (Lipinski definition) is 3. The molecule has 2 rings (SSSR count). The topological polar surface area (TPSA) is 24.5 Å². The van der Waals surface area contributed by atoms with Gasteiger partial charge in [-0.1, -0.05) is 18.6 Å². The Morgan fingerprint density at radius 3 is 2.60 bits per heavy atom. The van der Waals surface area contributed by atoms with E-state index in [2.05, 4.69) is 56.3 Å². The van der Waals surface area contributed by atoms with Crippen LogP contribution in [-0.4, -0.2) is 23.2 Å². The molecule has 3 nitrogen and oxygen atoms in total. The fourth-order valence-corrected chi connectivity index (χ4v) is 2.92. The highest BCUT2D eigenvalue weighted by molar-refractivity contribution is 5.28. The summed E-state index contributed by atoms with van der Waals surface area (Å²) in [6, 6.07) is 9.61. The van der Waals surface area contributed by atoms with E-state index in [-0.39, 0.29) is 6.10 Å². The van der Waals surface area contributed by atoms with Gasteiger partial charge in [-0.25, -0.2) is 5.01 Å². The van der Waals surface area contributed by atoms with Gasteiger partial charge in [-0.3, -0.25) is 5.43 Å². The second-order valence-electron chi connectivity index (χ2n) is 6.19. The monoisotopic (exact) mass is 276 g/mol. The quantitative estimate of drug-likeness (QED) is 0.886. The highest BCUT2D eigenvalue weighted by atomic mass is 16.5. The van der Waals surface area contributed by atoms with Crippen molar-refractivity contribution in [3.05, 3.63) is 29.8 Å². The number of nitrogens with one attached hydrogen (secondary N) is 1. The van der Waals surface area contributed by atoms with Crippen LogP contribution < -0.4 is 10.2 Å². The average molecular weight is 276 g/mol. The summed E-state index contributed by atoms with van der Waals surface area (Å²) in [6.45, 7) is 9.59. The summed E-state index contributed by atoms with van der Waals surface area (Å²) in [5.74, 6) is 0.957. The van der Waals surface area contributed by atoms with Crippen molar-refractivity contribution >= 4 is 0 Å². The van der Waals surface area contributed by atoms with Gasteiger partial charge in [-0.05, 0) is 58.2 Å². The van der Waals surface area contributed by atoms with Crippen LogP contribution in [0.3, 0.4) is 0 Å². The third-order valence-corrected chi connectivity index (χ3v) is 3.93. The van der Waals surface area contributed by atoms with Crippen molar-refractivity contribution in [2.45, 2.75) is 71.7 Å². The summed E-state index contributed by atoms with van der Waals surface area (Å²) in [6.07, 6.45) is 4.14. The standard InChI is InChI=1S/C17H28N2O/c1-13(2)20-17-10-6-9-16(11-17)12-18-19-14(3)7-5-8-15(19)4/h6,9-11,13-15,18H,5,7-8,12H2,1-4H3. The molecule has 1 aliphatic rings. The number of ether oxygens (including phenoxy) is 1. The molecule has 2 atom stereocenters. The van der Waals surface area contributed by atoms with Gasteiger partial charge in [0.15, 0.2) is 0 Å². The van der Waals surface area contributed by atoms with Crippen LogP contribution in [0.4, 0.5) is 0 Å². The van der Waals surface area contributed by atoms with Crippen LogP contribution in [-0.2, 0) is 6.54 Å². The van der Waals surface area contributed by atoms with E-state index in [1.54, 1.807) is 0 Å². The zero-order chi connectivity index (χ0) is 14.5. The Bertz CT molecular complexity index is 409. The van der Waals surface area contributed by atoms with Crippen molar-refractivity contribution < 1.29 is 4.74 Å². The Morgan fingerprint density at radius 1 is 1.25 bits per heavy atom. The van der Waals surface area contributed by atoms with Crippen LogP contribution in [0.2, 0.25) is 0 Å². The van der Waals surface area contributed by atoms with E-state index in [1.165, 1.54) is 24.8 Å². The Hall–Kier alpha value is -1.06. The average Bonchev–Trinajstić information content (AvgIpc) is 2.38. The Labute approximate surface area is 123 Å². The number of hydrogen-bond donors (Lipinski definition) is 1. The molecule has 0 aromatic heterocycles. The van der Waals surface area contributed by atoms with Gasteiger partial charge in [0.05, 0.1) is 6.10 Å². The van der Waals surface area contributed by atoms with Crippen molar-refractivity contribution in [3.63, 3.8) is 0 Å². The number of nitrogens with zero attached hydrogens (tertiary/aromatic N) is 1. The first kappa shape index (κ1) is 15.3. The summed E-state index contributed by atoms with van der Waals surface area (Å²) in [4.78, 5) is 0. The SMILES string of the molecule is CC(C)Oc1cccc(CNN2C(C)CCCC2C)c1. The zero-order valence-corrected chi connectivity index (χ0v) is 13.2. The molecule has 2 unspecified atom stereocenters. The second kappa shape index (κ2) is 7.09. The molecule has 20 heavy (non-hydrogen) atoms. The minimum atomic E-state index is 0.223. The molecule has 0 spiro atoms. The molecule has 3 heteroatoms. The van der Waals surface area contributed by atoms with Crippen molar-refractivity contribution in [3.8, 4) is 5.75 Å². The van der Waals surface area contributed by atoms with Crippen LogP contribution >= 0.6 is 0 Å². The van der Waals surface area contributed by atoms with Crippen LogP contribution in [0.25, 0.3) is 0 Å². The minimum Gasteiger partial charge on any atom is -0.491 e. The molecule has 1 N–H and O–H groups in total. The lowest BCUT2D eigenvalue weighted by Crippen LogP contribution is -2.51. The van der Waals surface area contributed by atoms with Gasteiger partial charge >= 0.3 is 0 Å². The van der Waals surface area contributed by atoms with Gasteiger partial charge in [0, 0.05) is 18.6 Å². The third kappa shape index (κ3) is 4.22. The smallest absolute Gasteiger partial charge is 0.120 e. The maximum atomic E-state index is 5.75. The maximum Gasteiger partial charge on any atom is 0.120 e. The van der Waals surface area contributed by atoms with E-state index in [0.29, 0.717) is 12.1 Å². The Balaban J connectivity index is 1.92. The summed E-state index contributed by atoms with van der Waals surface area (Å²) in [7, 11) is 0. The molecule has 0 aliphatic carbocycles. The Morgan fingerprint density at radius 2 is 1.95 bits per heavy atom. The Kier molecular flexibility index (Phi) is 5.44. The molecule has 0 saturated carbocycles. The lowest BCUT2D eigenvalue weighted by atomic mass is 10.00. The van der Waals surface area contributed by atoms with Gasteiger partial charge in [-0.15, -0.1) is 0 Å². The first-order valence-corrected chi connectivity index (χ1v) is 7.83. The molecule has 1 aliphatic heterocycles. The number of hydrazine groups is 1. The molecule has 1 aromatic rings. The maximum absolute atomic E-state index is 5.75.